The molecule has 0 fully saturated rings. The van der Waals surface area contributed by atoms with E-state index >= 15 is 0 Å². The normalized spacial score (nSPS) is 13.2. The van der Waals surface area contributed by atoms with Crippen molar-refractivity contribution in [3.05, 3.63) is 59.7 Å². The predicted molar refractivity (Wildman–Crippen MR) is 125 cm³/mol. The van der Waals surface area contributed by atoms with Gasteiger partial charge in [-0.15, -0.1) is 0 Å². The lowest BCUT2D eigenvalue weighted by atomic mass is 9.98. The van der Waals surface area contributed by atoms with Gasteiger partial charge in [0.15, 0.2) is 0 Å². The van der Waals surface area contributed by atoms with Crippen LogP contribution >= 0.6 is 0 Å². The van der Waals surface area contributed by atoms with E-state index in [1.54, 1.807) is 7.05 Å². The molecule has 0 saturated heterocycles. The molecular formula is C25H31N3O5. The minimum Gasteiger partial charge on any atom is -0.481 e. The van der Waals surface area contributed by atoms with Crippen LogP contribution in [0.1, 0.15) is 29.9 Å². The Balaban J connectivity index is 1.63. The van der Waals surface area contributed by atoms with Crippen molar-refractivity contribution in [2.24, 2.45) is 0 Å². The minimum absolute atomic E-state index is 0.0898. The molecule has 0 aliphatic heterocycles. The number of carboxylic acid groups (broad SMARTS) is 1. The molecule has 0 aromatic heterocycles. The number of hydrogen-bond donors (Lipinski definition) is 2. The molecule has 2 N–H and O–H groups in total. The lowest BCUT2D eigenvalue weighted by Gasteiger charge is -2.24. The summed E-state index contributed by atoms with van der Waals surface area (Å²) in [6.07, 6.45) is -0.584. The number of benzene rings is 2. The van der Waals surface area contributed by atoms with Gasteiger partial charge < -0.3 is 25.0 Å². The van der Waals surface area contributed by atoms with Crippen LogP contribution in [0.25, 0.3) is 11.1 Å². The van der Waals surface area contributed by atoms with Crippen molar-refractivity contribution in [1.29, 1.82) is 0 Å². The van der Waals surface area contributed by atoms with Gasteiger partial charge in [-0.05, 0) is 49.3 Å². The lowest BCUT2D eigenvalue weighted by Crippen LogP contribution is -2.49. The maximum absolute atomic E-state index is 12.8. The standard InChI is InChI=1S/C25H31N3O5/c1-27(2)13-8-14-28(3)24(31)22(15-23(29)30)26-25(32)33-16-21-19-11-6-4-9-17(19)18-10-5-7-12-20(18)21/h4-7,9-12,21-22H,8,13-16H2,1-3H3,(H,26,32)(H,29,30). The fraction of sp³-hybridized carbons (Fsp3) is 0.400. The van der Waals surface area contributed by atoms with Gasteiger partial charge in [0.2, 0.25) is 5.91 Å². The zero-order valence-corrected chi connectivity index (χ0v) is 19.3. The molecule has 0 bridgehead atoms. The summed E-state index contributed by atoms with van der Waals surface area (Å²) in [6.45, 7) is 1.34. The van der Waals surface area contributed by atoms with Crippen LogP contribution in [0.15, 0.2) is 48.5 Å². The number of fused-ring (bicyclic) bond motifs is 3. The van der Waals surface area contributed by atoms with Crippen molar-refractivity contribution in [1.82, 2.24) is 15.1 Å². The average molecular weight is 454 g/mol. The summed E-state index contributed by atoms with van der Waals surface area (Å²) in [7, 11) is 5.48. The molecule has 1 unspecified atom stereocenters. The Hall–Kier alpha value is -3.39. The number of ether oxygens (including phenoxy) is 1. The van der Waals surface area contributed by atoms with Gasteiger partial charge in [-0.3, -0.25) is 9.59 Å². The third-order valence-electron chi connectivity index (χ3n) is 5.79. The number of alkyl carbamates (subject to hydrolysis) is 1. The third kappa shape index (κ3) is 6.10. The first-order chi connectivity index (χ1) is 15.8. The largest absolute Gasteiger partial charge is 0.481 e. The second-order valence-electron chi connectivity index (χ2n) is 8.54. The zero-order chi connectivity index (χ0) is 24.0. The highest BCUT2D eigenvalue weighted by molar-refractivity contribution is 5.89. The second kappa shape index (κ2) is 11.0. The van der Waals surface area contributed by atoms with Crippen molar-refractivity contribution >= 4 is 18.0 Å². The maximum Gasteiger partial charge on any atom is 0.407 e. The van der Waals surface area contributed by atoms with Crippen LogP contribution in [-0.4, -0.2) is 79.8 Å². The molecule has 3 rings (SSSR count). The number of rotatable bonds is 10. The average Bonchev–Trinajstić information content (AvgIpc) is 3.10. The minimum atomic E-state index is -1.19. The number of amides is 2. The summed E-state index contributed by atoms with van der Waals surface area (Å²) in [5, 5.41) is 11.7. The first-order valence-corrected chi connectivity index (χ1v) is 11.0. The number of aliphatic carboxylic acids is 1. The van der Waals surface area contributed by atoms with E-state index in [1.807, 2.05) is 67.5 Å². The lowest BCUT2D eigenvalue weighted by molar-refractivity contribution is -0.142. The Kier molecular flexibility index (Phi) is 8.06. The van der Waals surface area contributed by atoms with Crippen LogP contribution < -0.4 is 5.32 Å². The van der Waals surface area contributed by atoms with Gasteiger partial charge in [-0.25, -0.2) is 4.79 Å². The van der Waals surface area contributed by atoms with Crippen molar-refractivity contribution in [3.63, 3.8) is 0 Å². The number of nitrogens with one attached hydrogen (secondary N) is 1. The Morgan fingerprint density at radius 2 is 1.55 bits per heavy atom. The van der Waals surface area contributed by atoms with Crippen molar-refractivity contribution < 1.29 is 24.2 Å². The highest BCUT2D eigenvalue weighted by Gasteiger charge is 2.31. The van der Waals surface area contributed by atoms with Crippen molar-refractivity contribution in [2.45, 2.75) is 24.8 Å². The number of carboxylic acids is 1. The molecule has 2 amide bonds. The van der Waals surface area contributed by atoms with Crippen LogP contribution in [0.5, 0.6) is 0 Å². The van der Waals surface area contributed by atoms with Gasteiger partial charge >= 0.3 is 12.1 Å². The highest BCUT2D eigenvalue weighted by atomic mass is 16.5. The molecule has 33 heavy (non-hydrogen) atoms. The fourth-order valence-electron chi connectivity index (χ4n) is 4.16. The van der Waals surface area contributed by atoms with E-state index in [1.165, 1.54) is 4.90 Å². The Morgan fingerprint density at radius 1 is 0.970 bits per heavy atom. The van der Waals surface area contributed by atoms with Gasteiger partial charge in [-0.2, -0.15) is 0 Å². The predicted octanol–water partition coefficient (Wildman–Crippen LogP) is 2.78. The van der Waals surface area contributed by atoms with Gasteiger partial charge in [-0.1, -0.05) is 48.5 Å². The maximum atomic E-state index is 12.8. The molecule has 0 radical (unpaired) electrons. The molecule has 1 atom stereocenters. The van der Waals surface area contributed by atoms with Gasteiger partial charge in [0.05, 0.1) is 6.42 Å². The third-order valence-corrected chi connectivity index (χ3v) is 5.79. The second-order valence-corrected chi connectivity index (χ2v) is 8.54. The van der Waals surface area contributed by atoms with Crippen molar-refractivity contribution in [3.8, 4) is 11.1 Å². The number of hydrogen-bond acceptors (Lipinski definition) is 5. The fourth-order valence-corrected chi connectivity index (χ4v) is 4.16. The van der Waals surface area contributed by atoms with E-state index in [-0.39, 0.29) is 12.5 Å². The van der Waals surface area contributed by atoms with E-state index in [0.717, 1.165) is 35.2 Å². The summed E-state index contributed by atoms with van der Waals surface area (Å²) in [4.78, 5) is 40.0. The molecular weight excluding hydrogens is 422 g/mol. The van der Waals surface area contributed by atoms with E-state index in [4.69, 9.17) is 4.74 Å². The molecule has 0 spiro atoms. The Morgan fingerprint density at radius 3 is 2.09 bits per heavy atom. The van der Waals surface area contributed by atoms with Crippen LogP contribution in [0, 0.1) is 0 Å². The number of likely N-dealkylation sites (N-methyl/N-ethyl adjacent to an activating group) is 1. The molecule has 0 saturated carbocycles. The smallest absolute Gasteiger partial charge is 0.407 e. The van der Waals surface area contributed by atoms with Crippen LogP contribution in [-0.2, 0) is 14.3 Å². The van der Waals surface area contributed by atoms with Crippen LogP contribution in [0.3, 0.4) is 0 Å². The number of carbonyl (C=O) groups excluding carboxylic acids is 2. The van der Waals surface area contributed by atoms with Gasteiger partial charge in [0, 0.05) is 19.5 Å². The number of nitrogens with zero attached hydrogens (tertiary/aromatic N) is 2. The van der Waals surface area contributed by atoms with E-state index in [9.17, 15) is 19.5 Å². The molecule has 1 aliphatic carbocycles. The Labute approximate surface area is 194 Å². The van der Waals surface area contributed by atoms with Crippen molar-refractivity contribution in [2.75, 3.05) is 40.8 Å². The molecule has 8 nitrogen and oxygen atoms in total. The van der Waals surface area contributed by atoms with Crippen LogP contribution in [0.2, 0.25) is 0 Å². The molecule has 8 heteroatoms. The molecule has 2 aromatic carbocycles. The number of carbonyl (C=O) groups is 3. The van der Waals surface area contributed by atoms with Gasteiger partial charge in [0.25, 0.3) is 0 Å². The Bertz CT molecular complexity index is 962. The first kappa shape index (κ1) is 24.3. The van der Waals surface area contributed by atoms with Gasteiger partial charge in [0.1, 0.15) is 12.6 Å². The van der Waals surface area contributed by atoms with E-state index in [0.29, 0.717) is 6.54 Å². The topological polar surface area (TPSA) is 99.2 Å². The molecule has 176 valence electrons. The highest BCUT2D eigenvalue weighted by Crippen LogP contribution is 2.44. The van der Waals surface area contributed by atoms with E-state index < -0.39 is 30.4 Å². The summed E-state index contributed by atoms with van der Waals surface area (Å²) in [5.74, 6) is -1.75. The zero-order valence-electron chi connectivity index (χ0n) is 19.3. The monoisotopic (exact) mass is 453 g/mol. The summed E-state index contributed by atoms with van der Waals surface area (Å²) in [5.41, 5.74) is 4.37. The summed E-state index contributed by atoms with van der Waals surface area (Å²) >= 11 is 0. The van der Waals surface area contributed by atoms with E-state index in [2.05, 4.69) is 5.32 Å². The first-order valence-electron chi connectivity index (χ1n) is 11.0. The summed E-state index contributed by atoms with van der Waals surface area (Å²) in [6, 6.07) is 14.8. The molecule has 0 heterocycles. The molecule has 2 aromatic rings. The SMILES string of the molecule is CN(C)CCCN(C)C(=O)C(CC(=O)O)NC(=O)OCC1c2ccccc2-c2ccccc21. The molecule has 1 aliphatic rings. The van der Waals surface area contributed by atoms with Crippen LogP contribution in [0.4, 0.5) is 4.79 Å². The quantitative estimate of drug-likeness (QED) is 0.574. The summed E-state index contributed by atoms with van der Waals surface area (Å²) < 4.78 is 5.47.